The lowest BCUT2D eigenvalue weighted by molar-refractivity contribution is -0.119. The average Bonchev–Trinajstić information content (AvgIpc) is 2.59. The van der Waals surface area contributed by atoms with Crippen molar-refractivity contribution in [3.05, 3.63) is 35.4 Å². The minimum absolute atomic E-state index is 0.148. The zero-order chi connectivity index (χ0) is 11.5. The first kappa shape index (κ1) is 11.1. The summed E-state index contributed by atoms with van der Waals surface area (Å²) in [5.74, 6) is 0.443. The van der Waals surface area contributed by atoms with Gasteiger partial charge in [0.1, 0.15) is 0 Å². The summed E-state index contributed by atoms with van der Waals surface area (Å²) < 4.78 is 5.11. The number of ether oxygens (including phenoxy) is 1. The molecule has 1 heterocycles. The predicted octanol–water partition coefficient (Wildman–Crippen LogP) is 1.82. The SMILES string of the molecule is COCc1cccc(C2CC(=O)NC2C)c1. The molecular formula is C13H17NO2. The van der Waals surface area contributed by atoms with Crippen molar-refractivity contribution in [1.82, 2.24) is 5.32 Å². The third-order valence-corrected chi connectivity index (χ3v) is 3.09. The molecule has 0 aliphatic carbocycles. The Morgan fingerprint density at radius 3 is 2.94 bits per heavy atom. The lowest BCUT2D eigenvalue weighted by atomic mass is 9.92. The van der Waals surface area contributed by atoms with Crippen molar-refractivity contribution in [2.75, 3.05) is 7.11 Å². The van der Waals surface area contributed by atoms with Crippen molar-refractivity contribution < 1.29 is 9.53 Å². The zero-order valence-corrected chi connectivity index (χ0v) is 9.69. The molecule has 1 fully saturated rings. The van der Waals surface area contributed by atoms with Crippen LogP contribution in [0.3, 0.4) is 0 Å². The van der Waals surface area contributed by atoms with Crippen LogP contribution in [0.15, 0.2) is 24.3 Å². The number of hydrogen-bond acceptors (Lipinski definition) is 2. The summed E-state index contributed by atoms with van der Waals surface area (Å²) in [4.78, 5) is 11.3. The first-order chi connectivity index (χ1) is 7.70. The number of methoxy groups -OCH3 is 1. The Kier molecular flexibility index (Phi) is 3.25. The van der Waals surface area contributed by atoms with Gasteiger partial charge in [0.05, 0.1) is 6.61 Å². The molecule has 2 atom stereocenters. The van der Waals surface area contributed by atoms with Crippen LogP contribution in [0, 0.1) is 0 Å². The molecule has 1 saturated heterocycles. The highest BCUT2D eigenvalue weighted by molar-refractivity contribution is 5.80. The summed E-state index contributed by atoms with van der Waals surface area (Å²) >= 11 is 0. The van der Waals surface area contributed by atoms with Gasteiger partial charge in [0, 0.05) is 25.5 Å². The van der Waals surface area contributed by atoms with E-state index in [0.717, 1.165) is 5.56 Å². The van der Waals surface area contributed by atoms with E-state index in [9.17, 15) is 4.79 Å². The normalized spacial score (nSPS) is 24.5. The van der Waals surface area contributed by atoms with Gasteiger partial charge in [-0.1, -0.05) is 24.3 Å². The summed E-state index contributed by atoms with van der Waals surface area (Å²) in [5, 5.41) is 2.95. The van der Waals surface area contributed by atoms with E-state index in [2.05, 4.69) is 24.4 Å². The summed E-state index contributed by atoms with van der Waals surface area (Å²) in [6.45, 7) is 2.68. The lowest BCUT2D eigenvalue weighted by Gasteiger charge is -2.15. The summed E-state index contributed by atoms with van der Waals surface area (Å²) in [6.07, 6.45) is 0.595. The Labute approximate surface area is 95.8 Å². The fourth-order valence-corrected chi connectivity index (χ4v) is 2.28. The molecule has 1 amide bonds. The Morgan fingerprint density at radius 2 is 2.31 bits per heavy atom. The van der Waals surface area contributed by atoms with E-state index in [1.54, 1.807) is 7.11 Å². The molecule has 0 radical (unpaired) electrons. The number of carbonyl (C=O) groups excluding carboxylic acids is 1. The fraction of sp³-hybridized carbons (Fsp3) is 0.462. The van der Waals surface area contributed by atoms with Crippen LogP contribution in [-0.2, 0) is 16.1 Å². The molecule has 2 rings (SSSR count). The van der Waals surface area contributed by atoms with Crippen LogP contribution in [0.2, 0.25) is 0 Å². The highest BCUT2D eigenvalue weighted by Crippen LogP contribution is 2.28. The molecule has 0 aromatic heterocycles. The number of nitrogens with one attached hydrogen (secondary N) is 1. The van der Waals surface area contributed by atoms with Crippen molar-refractivity contribution in [3.8, 4) is 0 Å². The van der Waals surface area contributed by atoms with Crippen LogP contribution in [0.25, 0.3) is 0 Å². The van der Waals surface area contributed by atoms with Gasteiger partial charge >= 0.3 is 0 Å². The highest BCUT2D eigenvalue weighted by atomic mass is 16.5. The van der Waals surface area contributed by atoms with Crippen LogP contribution >= 0.6 is 0 Å². The van der Waals surface area contributed by atoms with Gasteiger partial charge in [-0.15, -0.1) is 0 Å². The van der Waals surface area contributed by atoms with E-state index in [4.69, 9.17) is 4.74 Å². The van der Waals surface area contributed by atoms with Crippen LogP contribution in [0.4, 0.5) is 0 Å². The maximum atomic E-state index is 11.3. The van der Waals surface area contributed by atoms with Crippen LogP contribution in [0.1, 0.15) is 30.4 Å². The number of rotatable bonds is 3. The molecule has 2 unspecified atom stereocenters. The fourth-order valence-electron chi connectivity index (χ4n) is 2.28. The first-order valence-electron chi connectivity index (χ1n) is 5.58. The quantitative estimate of drug-likeness (QED) is 0.842. The van der Waals surface area contributed by atoms with Crippen molar-refractivity contribution in [2.45, 2.75) is 31.9 Å². The van der Waals surface area contributed by atoms with E-state index in [0.29, 0.717) is 18.9 Å². The monoisotopic (exact) mass is 219 g/mol. The first-order valence-corrected chi connectivity index (χ1v) is 5.58. The maximum Gasteiger partial charge on any atom is 0.220 e. The molecule has 1 N–H and O–H groups in total. The van der Waals surface area contributed by atoms with Gasteiger partial charge in [-0.3, -0.25) is 4.79 Å². The van der Waals surface area contributed by atoms with Crippen molar-refractivity contribution in [1.29, 1.82) is 0 Å². The second-order valence-electron chi connectivity index (χ2n) is 4.34. The predicted molar refractivity (Wildman–Crippen MR) is 62.1 cm³/mol. The highest BCUT2D eigenvalue weighted by Gasteiger charge is 2.29. The summed E-state index contributed by atoms with van der Waals surface area (Å²) in [7, 11) is 1.69. The molecule has 86 valence electrons. The molecule has 1 aromatic carbocycles. The molecular weight excluding hydrogens is 202 g/mol. The minimum atomic E-state index is 0.148. The Morgan fingerprint density at radius 1 is 1.50 bits per heavy atom. The van der Waals surface area contributed by atoms with Gasteiger partial charge < -0.3 is 10.1 Å². The van der Waals surface area contributed by atoms with Gasteiger partial charge in [-0.05, 0) is 18.1 Å². The number of benzene rings is 1. The van der Waals surface area contributed by atoms with E-state index in [-0.39, 0.29) is 11.9 Å². The van der Waals surface area contributed by atoms with E-state index < -0.39 is 0 Å². The smallest absolute Gasteiger partial charge is 0.220 e. The molecule has 3 nitrogen and oxygen atoms in total. The van der Waals surface area contributed by atoms with E-state index in [1.807, 2.05) is 12.1 Å². The Balaban J connectivity index is 2.20. The largest absolute Gasteiger partial charge is 0.380 e. The molecule has 0 saturated carbocycles. The van der Waals surface area contributed by atoms with Crippen molar-refractivity contribution in [3.63, 3.8) is 0 Å². The third-order valence-electron chi connectivity index (χ3n) is 3.09. The van der Waals surface area contributed by atoms with E-state index in [1.165, 1.54) is 5.56 Å². The topological polar surface area (TPSA) is 38.3 Å². The molecule has 1 aliphatic heterocycles. The summed E-state index contributed by atoms with van der Waals surface area (Å²) in [5.41, 5.74) is 2.38. The van der Waals surface area contributed by atoms with Crippen molar-refractivity contribution in [2.24, 2.45) is 0 Å². The number of hydrogen-bond donors (Lipinski definition) is 1. The Hall–Kier alpha value is -1.35. The molecule has 0 spiro atoms. The van der Waals surface area contributed by atoms with Crippen LogP contribution < -0.4 is 5.32 Å². The van der Waals surface area contributed by atoms with Crippen LogP contribution in [-0.4, -0.2) is 19.1 Å². The molecule has 0 bridgehead atoms. The number of carbonyl (C=O) groups is 1. The van der Waals surface area contributed by atoms with Gasteiger partial charge in [0.15, 0.2) is 0 Å². The maximum absolute atomic E-state index is 11.3. The van der Waals surface area contributed by atoms with E-state index >= 15 is 0 Å². The van der Waals surface area contributed by atoms with Crippen LogP contribution in [0.5, 0.6) is 0 Å². The second kappa shape index (κ2) is 4.66. The average molecular weight is 219 g/mol. The number of amides is 1. The van der Waals surface area contributed by atoms with Gasteiger partial charge in [-0.25, -0.2) is 0 Å². The zero-order valence-electron chi connectivity index (χ0n) is 9.69. The molecule has 3 heteroatoms. The summed E-state index contributed by atoms with van der Waals surface area (Å²) in [6, 6.07) is 8.51. The Bertz CT molecular complexity index is 389. The molecule has 1 aromatic rings. The van der Waals surface area contributed by atoms with Crippen molar-refractivity contribution >= 4 is 5.91 Å². The van der Waals surface area contributed by atoms with Gasteiger partial charge in [0.25, 0.3) is 0 Å². The lowest BCUT2D eigenvalue weighted by Crippen LogP contribution is -2.24. The molecule has 16 heavy (non-hydrogen) atoms. The van der Waals surface area contributed by atoms with Gasteiger partial charge in [0.2, 0.25) is 5.91 Å². The molecule has 1 aliphatic rings. The second-order valence-corrected chi connectivity index (χ2v) is 4.34. The minimum Gasteiger partial charge on any atom is -0.380 e. The van der Waals surface area contributed by atoms with Gasteiger partial charge in [-0.2, -0.15) is 0 Å². The third kappa shape index (κ3) is 2.25. The standard InChI is InChI=1S/C13H17NO2/c1-9-12(7-13(15)14-9)11-5-3-4-10(6-11)8-16-2/h3-6,9,12H,7-8H2,1-2H3,(H,14,15).